The molecule has 2 heterocycles. The first kappa shape index (κ1) is 15.3. The summed E-state index contributed by atoms with van der Waals surface area (Å²) in [5.41, 5.74) is 2.60. The smallest absolute Gasteiger partial charge is 0.264 e. The summed E-state index contributed by atoms with van der Waals surface area (Å²) in [7, 11) is 0. The Morgan fingerprint density at radius 2 is 2.00 bits per heavy atom. The first-order valence-corrected chi connectivity index (χ1v) is 8.39. The Labute approximate surface area is 148 Å². The van der Waals surface area contributed by atoms with Crippen LogP contribution in [0, 0.1) is 0 Å². The molecular weight excluding hydrogens is 334 g/mol. The Morgan fingerprint density at radius 3 is 2.80 bits per heavy atom. The third-order valence-corrected chi connectivity index (χ3v) is 4.40. The number of hydrogen-bond donors (Lipinski definition) is 1. The van der Waals surface area contributed by atoms with Crippen molar-refractivity contribution in [1.82, 2.24) is 20.1 Å². The van der Waals surface area contributed by atoms with Gasteiger partial charge in [0.1, 0.15) is 12.7 Å². The van der Waals surface area contributed by atoms with Gasteiger partial charge in [-0.25, -0.2) is 14.7 Å². The highest BCUT2D eigenvalue weighted by Gasteiger charge is 2.23. The van der Waals surface area contributed by atoms with E-state index in [1.807, 2.05) is 60.7 Å². The summed E-state index contributed by atoms with van der Waals surface area (Å²) in [6, 6.07) is 17.3. The van der Waals surface area contributed by atoms with Crippen molar-refractivity contribution in [2.75, 3.05) is 0 Å². The average molecular weight is 347 g/mol. The van der Waals surface area contributed by atoms with Crippen molar-refractivity contribution in [3.8, 4) is 5.69 Å². The molecule has 0 atom stereocenters. The van der Waals surface area contributed by atoms with Crippen LogP contribution in [0.2, 0.25) is 0 Å². The summed E-state index contributed by atoms with van der Waals surface area (Å²) < 4.78 is 1.67. The fraction of sp³-hybridized carbons (Fsp3) is 0. The normalized spacial score (nSPS) is 17.2. The topological polar surface area (TPSA) is 72.2 Å². The summed E-state index contributed by atoms with van der Waals surface area (Å²) >= 11 is 1.33. The van der Waals surface area contributed by atoms with Crippen LogP contribution in [0.4, 0.5) is 5.69 Å². The summed E-state index contributed by atoms with van der Waals surface area (Å²) in [6.45, 7) is 0. The molecular formula is C18H13N5OS. The van der Waals surface area contributed by atoms with Crippen LogP contribution in [0.1, 0.15) is 5.56 Å². The number of nitrogens with one attached hydrogen (secondary N) is 1. The number of para-hydroxylation sites is 1. The SMILES string of the molecule is O=C1NC(=Nc2ccccc2)SC1=Cc1cccc(-n2cncn2)c1. The lowest BCUT2D eigenvalue weighted by Gasteiger charge is -2.01. The number of rotatable bonds is 3. The van der Waals surface area contributed by atoms with Gasteiger partial charge < -0.3 is 5.32 Å². The van der Waals surface area contributed by atoms with E-state index in [0.717, 1.165) is 16.9 Å². The Kier molecular flexibility index (Phi) is 4.14. The highest BCUT2D eigenvalue weighted by atomic mass is 32.2. The number of amidine groups is 1. The molecule has 1 aliphatic rings. The molecule has 122 valence electrons. The first-order chi connectivity index (χ1) is 12.3. The second-order valence-electron chi connectivity index (χ2n) is 5.25. The van der Waals surface area contributed by atoms with Crippen LogP contribution < -0.4 is 5.32 Å². The lowest BCUT2D eigenvalue weighted by molar-refractivity contribution is -0.115. The molecule has 4 rings (SSSR count). The molecule has 0 aliphatic carbocycles. The molecule has 7 heteroatoms. The molecule has 1 saturated heterocycles. The molecule has 0 unspecified atom stereocenters. The van der Waals surface area contributed by atoms with E-state index in [9.17, 15) is 4.79 Å². The van der Waals surface area contributed by atoms with Gasteiger partial charge in [0.05, 0.1) is 16.3 Å². The van der Waals surface area contributed by atoms with E-state index in [2.05, 4.69) is 20.4 Å². The van der Waals surface area contributed by atoms with Crippen molar-refractivity contribution in [1.29, 1.82) is 0 Å². The number of carbonyl (C=O) groups excluding carboxylic acids is 1. The number of amides is 1. The van der Waals surface area contributed by atoms with E-state index in [4.69, 9.17) is 0 Å². The number of hydrogen-bond acceptors (Lipinski definition) is 5. The molecule has 1 N–H and O–H groups in total. The Hall–Kier alpha value is -3.19. The van der Waals surface area contributed by atoms with Gasteiger partial charge in [0, 0.05) is 0 Å². The Bertz CT molecular complexity index is 964. The number of thioether (sulfide) groups is 1. The van der Waals surface area contributed by atoms with Crippen LogP contribution in [-0.2, 0) is 4.79 Å². The quantitative estimate of drug-likeness (QED) is 0.739. The lowest BCUT2D eigenvalue weighted by Crippen LogP contribution is -2.19. The Morgan fingerprint density at radius 1 is 1.12 bits per heavy atom. The maximum absolute atomic E-state index is 12.2. The van der Waals surface area contributed by atoms with E-state index < -0.39 is 0 Å². The van der Waals surface area contributed by atoms with Crippen molar-refractivity contribution in [3.63, 3.8) is 0 Å². The molecule has 1 aliphatic heterocycles. The molecule has 1 aromatic heterocycles. The molecule has 0 saturated carbocycles. The summed E-state index contributed by atoms with van der Waals surface area (Å²) in [5, 5.41) is 7.49. The fourth-order valence-electron chi connectivity index (χ4n) is 2.35. The van der Waals surface area contributed by atoms with Gasteiger partial charge in [-0.1, -0.05) is 30.3 Å². The predicted molar refractivity (Wildman–Crippen MR) is 98.6 cm³/mol. The zero-order valence-corrected chi connectivity index (χ0v) is 13.9. The highest BCUT2D eigenvalue weighted by Crippen LogP contribution is 2.28. The van der Waals surface area contributed by atoms with Gasteiger partial charge in [-0.2, -0.15) is 5.10 Å². The predicted octanol–water partition coefficient (Wildman–Crippen LogP) is 3.16. The summed E-state index contributed by atoms with van der Waals surface area (Å²) in [6.07, 6.45) is 4.96. The number of benzene rings is 2. The lowest BCUT2D eigenvalue weighted by atomic mass is 10.2. The van der Waals surface area contributed by atoms with Gasteiger partial charge >= 0.3 is 0 Å². The van der Waals surface area contributed by atoms with E-state index >= 15 is 0 Å². The molecule has 6 nitrogen and oxygen atoms in total. The minimum absolute atomic E-state index is 0.147. The molecule has 0 spiro atoms. The third-order valence-electron chi connectivity index (χ3n) is 3.49. The van der Waals surface area contributed by atoms with Crippen molar-refractivity contribution in [2.45, 2.75) is 0 Å². The summed E-state index contributed by atoms with van der Waals surface area (Å²) in [4.78, 5) is 21.2. The largest absolute Gasteiger partial charge is 0.300 e. The molecule has 0 bridgehead atoms. The van der Waals surface area contributed by atoms with Gasteiger partial charge in [-0.05, 0) is 47.7 Å². The number of carbonyl (C=O) groups is 1. The maximum atomic E-state index is 12.2. The standard InChI is InChI=1S/C18H13N5OS/c24-17-16(25-18(22-17)21-14-6-2-1-3-7-14)10-13-5-4-8-15(9-13)23-12-19-11-20-23/h1-12H,(H,21,22,24). The van der Waals surface area contributed by atoms with E-state index in [1.165, 1.54) is 18.1 Å². The van der Waals surface area contributed by atoms with Crippen LogP contribution in [0.5, 0.6) is 0 Å². The fourth-order valence-corrected chi connectivity index (χ4v) is 3.19. The van der Waals surface area contributed by atoms with Crippen molar-refractivity contribution >= 4 is 34.6 Å². The second-order valence-corrected chi connectivity index (χ2v) is 6.28. The molecule has 1 amide bonds. The maximum Gasteiger partial charge on any atom is 0.264 e. The second kappa shape index (κ2) is 6.74. The number of nitrogens with zero attached hydrogens (tertiary/aromatic N) is 4. The van der Waals surface area contributed by atoms with Crippen LogP contribution in [0.15, 0.2) is 77.1 Å². The van der Waals surface area contributed by atoms with E-state index in [0.29, 0.717) is 10.1 Å². The zero-order chi connectivity index (χ0) is 17.1. The van der Waals surface area contributed by atoms with Gasteiger partial charge in [0.15, 0.2) is 5.17 Å². The first-order valence-electron chi connectivity index (χ1n) is 7.58. The average Bonchev–Trinajstić information content (AvgIpc) is 3.27. The molecule has 2 aromatic carbocycles. The van der Waals surface area contributed by atoms with Gasteiger partial charge in [-0.15, -0.1) is 0 Å². The molecule has 1 fully saturated rings. The molecule has 0 radical (unpaired) electrons. The van der Waals surface area contributed by atoms with Crippen LogP contribution in [-0.4, -0.2) is 25.8 Å². The number of aliphatic imine (C=N–C) groups is 1. The van der Waals surface area contributed by atoms with Gasteiger partial charge in [0.25, 0.3) is 5.91 Å². The van der Waals surface area contributed by atoms with E-state index in [1.54, 1.807) is 11.0 Å². The third kappa shape index (κ3) is 3.51. The van der Waals surface area contributed by atoms with Gasteiger partial charge in [0.2, 0.25) is 0 Å². The monoisotopic (exact) mass is 347 g/mol. The summed E-state index contributed by atoms with van der Waals surface area (Å²) in [5.74, 6) is -0.147. The highest BCUT2D eigenvalue weighted by molar-refractivity contribution is 8.18. The number of aromatic nitrogens is 3. The minimum atomic E-state index is -0.147. The van der Waals surface area contributed by atoms with Crippen LogP contribution in [0.25, 0.3) is 11.8 Å². The van der Waals surface area contributed by atoms with Crippen molar-refractivity contribution in [3.05, 3.63) is 77.7 Å². The Balaban J connectivity index is 1.59. The van der Waals surface area contributed by atoms with E-state index in [-0.39, 0.29) is 5.91 Å². The van der Waals surface area contributed by atoms with Crippen molar-refractivity contribution < 1.29 is 4.79 Å². The van der Waals surface area contributed by atoms with Gasteiger partial charge in [-0.3, -0.25) is 4.79 Å². The van der Waals surface area contributed by atoms with Crippen LogP contribution >= 0.6 is 11.8 Å². The van der Waals surface area contributed by atoms with Crippen LogP contribution in [0.3, 0.4) is 0 Å². The minimum Gasteiger partial charge on any atom is -0.300 e. The molecule has 25 heavy (non-hydrogen) atoms. The zero-order valence-electron chi connectivity index (χ0n) is 13.0. The van der Waals surface area contributed by atoms with Crippen molar-refractivity contribution in [2.24, 2.45) is 4.99 Å². The molecule has 3 aromatic rings.